The Balaban J connectivity index is 0.00000139. The van der Waals surface area contributed by atoms with Crippen molar-refractivity contribution in [3.63, 3.8) is 0 Å². The number of piperazine rings is 1. The molecule has 2 bridgehead atoms. The topological polar surface area (TPSA) is 84.2 Å². The van der Waals surface area contributed by atoms with Crippen molar-refractivity contribution in [3.05, 3.63) is 71.4 Å². The molecule has 2 aromatic carbocycles. The van der Waals surface area contributed by atoms with Crippen LogP contribution in [0.4, 0.5) is 10.2 Å². The smallest absolute Gasteiger partial charge is 0.319 e. The Bertz CT molecular complexity index is 1980. The first kappa shape index (κ1) is 35.8. The number of hydrogen-bond acceptors (Lipinski definition) is 8. The van der Waals surface area contributed by atoms with E-state index in [0.29, 0.717) is 46.4 Å². The Kier molecular flexibility index (Phi) is 10.2. The molecule has 4 fully saturated rings. The number of benzene rings is 2. The van der Waals surface area contributed by atoms with Gasteiger partial charge in [0.15, 0.2) is 5.82 Å². The van der Waals surface area contributed by atoms with Crippen LogP contribution in [-0.4, -0.2) is 80.0 Å². The van der Waals surface area contributed by atoms with Gasteiger partial charge in [-0.2, -0.15) is 15.1 Å². The van der Waals surface area contributed by atoms with Gasteiger partial charge in [-0.25, -0.2) is 4.39 Å². The van der Waals surface area contributed by atoms with Gasteiger partial charge < -0.3 is 15.0 Å². The third-order valence-electron chi connectivity index (χ3n) is 10.7. The van der Waals surface area contributed by atoms with Crippen LogP contribution in [0.25, 0.3) is 32.9 Å². The molecule has 7 heterocycles. The predicted octanol–water partition coefficient (Wildman–Crippen LogP) is 6.98. The fourth-order valence-electron chi connectivity index (χ4n) is 8.57. The maximum Gasteiger partial charge on any atom is 0.319 e. The number of fused-ring (bicyclic) bond motifs is 5. The van der Waals surface area contributed by atoms with Crippen LogP contribution in [0.15, 0.2) is 55.0 Å². The van der Waals surface area contributed by atoms with E-state index in [0.717, 1.165) is 69.1 Å². The van der Waals surface area contributed by atoms with Crippen LogP contribution in [-0.2, 0) is 7.05 Å². The minimum Gasteiger partial charge on any atom is -0.461 e. The molecule has 260 valence electrons. The second-order valence-corrected chi connectivity index (χ2v) is 14.0. The second kappa shape index (κ2) is 14.0. The van der Waals surface area contributed by atoms with Gasteiger partial charge in [-0.1, -0.05) is 41.9 Å². The Hall–Kier alpha value is -2.99. The molecule has 14 heteroatoms. The molecule has 0 amide bonds. The van der Waals surface area contributed by atoms with E-state index in [1.807, 2.05) is 54.3 Å². The molecule has 49 heavy (non-hydrogen) atoms. The number of pyridine rings is 1. The molecule has 0 spiro atoms. The number of anilines is 1. The number of aromatic nitrogens is 5. The fourth-order valence-corrected chi connectivity index (χ4v) is 8.86. The number of nitrogens with zero attached hydrogens (tertiary/aromatic N) is 7. The van der Waals surface area contributed by atoms with Crippen LogP contribution >= 0.6 is 48.8 Å². The van der Waals surface area contributed by atoms with E-state index in [2.05, 4.69) is 31.4 Å². The lowest BCUT2D eigenvalue weighted by molar-refractivity contribution is 0.108. The second-order valence-electron chi connectivity index (χ2n) is 13.6. The fraction of sp³-hybridized carbons (Fsp3) is 0.429. The van der Waals surface area contributed by atoms with Gasteiger partial charge in [-0.15, -0.1) is 37.2 Å². The van der Waals surface area contributed by atoms with Crippen molar-refractivity contribution in [3.8, 4) is 17.3 Å². The van der Waals surface area contributed by atoms with E-state index >= 15 is 4.39 Å². The first-order valence-electron chi connectivity index (χ1n) is 16.4. The maximum absolute atomic E-state index is 16.8. The molecule has 1 N–H and O–H groups in total. The highest BCUT2D eigenvalue weighted by Crippen LogP contribution is 2.46. The molecular formula is C35H39Cl4FN8O. The van der Waals surface area contributed by atoms with Gasteiger partial charge >= 0.3 is 6.01 Å². The van der Waals surface area contributed by atoms with Gasteiger partial charge in [0.05, 0.1) is 17.1 Å². The van der Waals surface area contributed by atoms with Gasteiger partial charge in [0.25, 0.3) is 0 Å². The molecule has 9 nitrogen and oxygen atoms in total. The van der Waals surface area contributed by atoms with Crippen molar-refractivity contribution in [1.29, 1.82) is 0 Å². The minimum atomic E-state index is -0.491. The third kappa shape index (κ3) is 6.19. The zero-order valence-corrected chi connectivity index (χ0v) is 30.2. The number of aryl methyl sites for hydroxylation is 1. The molecule has 4 atom stereocenters. The SMILES string of the molecule is Cl.Cl.Cl.Cn1cc(C2CN3CCCC3(COc3nc(N4C[C@H]5CC[C@@H](C4)N5)c4cnc(-c5cccc6cccc(Cl)c56)c(F)c4n3)C2)cn1. The molecule has 4 aliphatic heterocycles. The first-order valence-corrected chi connectivity index (χ1v) is 16.7. The average Bonchev–Trinajstić information content (AvgIpc) is 3.83. The van der Waals surface area contributed by atoms with Crippen molar-refractivity contribution >= 4 is 76.3 Å². The van der Waals surface area contributed by atoms with E-state index in [9.17, 15) is 0 Å². The molecule has 3 aromatic heterocycles. The van der Waals surface area contributed by atoms with E-state index in [4.69, 9.17) is 26.3 Å². The molecule has 0 radical (unpaired) electrons. The minimum absolute atomic E-state index is 0. The summed E-state index contributed by atoms with van der Waals surface area (Å²) in [5.74, 6) is 0.600. The van der Waals surface area contributed by atoms with Crippen LogP contribution in [0.5, 0.6) is 6.01 Å². The van der Waals surface area contributed by atoms with Gasteiger partial charge in [0, 0.05) is 73.0 Å². The summed E-state index contributed by atoms with van der Waals surface area (Å²) in [5.41, 5.74) is 2.25. The lowest BCUT2D eigenvalue weighted by atomic mass is 9.88. The maximum atomic E-state index is 16.8. The zero-order chi connectivity index (χ0) is 31.0. The normalized spacial score (nSPS) is 24.4. The Morgan fingerprint density at radius 3 is 2.55 bits per heavy atom. The van der Waals surface area contributed by atoms with Crippen molar-refractivity contribution in [2.75, 3.05) is 37.7 Å². The van der Waals surface area contributed by atoms with E-state index in [1.54, 1.807) is 6.20 Å². The zero-order valence-electron chi connectivity index (χ0n) is 27.0. The summed E-state index contributed by atoms with van der Waals surface area (Å²) in [6, 6.07) is 12.4. The highest BCUT2D eigenvalue weighted by Gasteiger charge is 2.49. The highest BCUT2D eigenvalue weighted by molar-refractivity contribution is 6.36. The van der Waals surface area contributed by atoms with Gasteiger partial charge in [0.1, 0.15) is 23.6 Å². The monoisotopic (exact) mass is 746 g/mol. The predicted molar refractivity (Wildman–Crippen MR) is 199 cm³/mol. The Labute approximate surface area is 308 Å². The molecule has 4 aliphatic rings. The summed E-state index contributed by atoms with van der Waals surface area (Å²) in [4.78, 5) is 19.3. The van der Waals surface area contributed by atoms with Crippen LogP contribution in [0.2, 0.25) is 5.02 Å². The summed E-state index contributed by atoms with van der Waals surface area (Å²) in [6.07, 6.45) is 11.3. The lowest BCUT2D eigenvalue weighted by Crippen LogP contribution is -2.51. The number of nitrogens with one attached hydrogen (secondary N) is 1. The molecule has 0 aliphatic carbocycles. The van der Waals surface area contributed by atoms with Crippen LogP contribution in [0.1, 0.15) is 43.6 Å². The molecule has 2 unspecified atom stereocenters. The molecular weight excluding hydrogens is 709 g/mol. The molecule has 5 aromatic rings. The van der Waals surface area contributed by atoms with E-state index in [1.165, 1.54) is 5.56 Å². The number of ether oxygens (including phenoxy) is 1. The van der Waals surface area contributed by atoms with Gasteiger partial charge in [-0.05, 0) is 55.7 Å². The summed E-state index contributed by atoms with van der Waals surface area (Å²) in [7, 11) is 1.96. The van der Waals surface area contributed by atoms with Crippen LogP contribution in [0, 0.1) is 5.82 Å². The van der Waals surface area contributed by atoms with E-state index < -0.39 is 5.82 Å². The number of rotatable bonds is 6. The standard InChI is InChI=1S/C35H36ClFN8O.3ClH/c1-43-16-23(14-39-43)22-13-35(11-4-12-45(35)17-22)20-46-34-41-32-27(33(42-34)44-18-24-9-10-25(19-44)40-24)15-38-31(30(32)37)26-7-2-5-21-6-3-8-28(36)29(21)26;;;/h2-3,5-8,14-16,22,24-25,40H,4,9-13,17-20H2,1H3;3*1H/t22?,24-,25+,35?;;;. The summed E-state index contributed by atoms with van der Waals surface area (Å²) < 4.78 is 25.2. The summed E-state index contributed by atoms with van der Waals surface area (Å²) in [5, 5.41) is 11.0. The van der Waals surface area contributed by atoms with Crippen LogP contribution in [0.3, 0.4) is 0 Å². The average molecular weight is 749 g/mol. The molecule has 4 saturated heterocycles. The molecule has 9 rings (SSSR count). The lowest BCUT2D eigenvalue weighted by Gasteiger charge is -2.34. The van der Waals surface area contributed by atoms with Crippen molar-refractivity contribution in [2.45, 2.75) is 55.6 Å². The summed E-state index contributed by atoms with van der Waals surface area (Å²) in [6.45, 7) is 4.09. The van der Waals surface area contributed by atoms with Gasteiger partial charge in [-0.3, -0.25) is 14.6 Å². The van der Waals surface area contributed by atoms with Crippen molar-refractivity contribution < 1.29 is 9.13 Å². The van der Waals surface area contributed by atoms with Crippen LogP contribution < -0.4 is 15.0 Å². The largest absolute Gasteiger partial charge is 0.461 e. The van der Waals surface area contributed by atoms with E-state index in [-0.39, 0.29) is 60.0 Å². The summed E-state index contributed by atoms with van der Waals surface area (Å²) >= 11 is 6.65. The number of hydrogen-bond donors (Lipinski definition) is 1. The highest BCUT2D eigenvalue weighted by atomic mass is 35.5. The molecule has 0 saturated carbocycles. The van der Waals surface area contributed by atoms with Crippen molar-refractivity contribution in [1.82, 2.24) is 34.9 Å². The third-order valence-corrected chi connectivity index (χ3v) is 11.1. The number of halogens is 5. The first-order chi connectivity index (χ1) is 22.4. The van der Waals surface area contributed by atoms with Gasteiger partial charge in [0.2, 0.25) is 0 Å². The van der Waals surface area contributed by atoms with Crippen molar-refractivity contribution in [2.24, 2.45) is 7.05 Å². The Morgan fingerprint density at radius 2 is 1.80 bits per heavy atom. The Morgan fingerprint density at radius 1 is 1.02 bits per heavy atom. The quantitative estimate of drug-likeness (QED) is 0.199.